The van der Waals surface area contributed by atoms with Crippen molar-refractivity contribution in [1.82, 2.24) is 14.3 Å². The third kappa shape index (κ3) is 1.86. The fraction of sp³-hybridized carbons (Fsp3) is 0.182. The molecule has 0 atom stereocenters. The summed E-state index contributed by atoms with van der Waals surface area (Å²) in [5.74, 6) is -0.577. The smallest absolute Gasteiger partial charge is 0.341 e. The summed E-state index contributed by atoms with van der Waals surface area (Å²) in [6.45, 7) is 1.73. The SMILES string of the molecule is Cc1c(Br)c(=O)c(C(=O)O)cn1-c1ccnn1C. The maximum atomic E-state index is 11.8. The van der Waals surface area contributed by atoms with Crippen molar-refractivity contribution in [1.29, 1.82) is 0 Å². The lowest BCUT2D eigenvalue weighted by atomic mass is 10.2. The van der Waals surface area contributed by atoms with Crippen molar-refractivity contribution in [2.24, 2.45) is 7.05 Å². The summed E-state index contributed by atoms with van der Waals surface area (Å²) < 4.78 is 3.45. The lowest BCUT2D eigenvalue weighted by Crippen LogP contribution is -2.21. The van der Waals surface area contributed by atoms with Gasteiger partial charge in [0, 0.05) is 25.0 Å². The topological polar surface area (TPSA) is 77.1 Å². The zero-order valence-corrected chi connectivity index (χ0v) is 11.3. The third-order valence-corrected chi connectivity index (χ3v) is 3.59. The highest BCUT2D eigenvalue weighted by molar-refractivity contribution is 9.10. The van der Waals surface area contributed by atoms with E-state index in [1.165, 1.54) is 6.20 Å². The zero-order valence-electron chi connectivity index (χ0n) is 9.72. The predicted octanol–water partition coefficient (Wildman–Crippen LogP) is 1.34. The molecule has 7 heteroatoms. The van der Waals surface area contributed by atoms with Crippen LogP contribution in [0.4, 0.5) is 0 Å². The average molecular weight is 312 g/mol. The number of carboxylic acids is 1. The van der Waals surface area contributed by atoms with Crippen molar-refractivity contribution in [2.45, 2.75) is 6.92 Å². The summed E-state index contributed by atoms with van der Waals surface area (Å²) >= 11 is 3.13. The minimum absolute atomic E-state index is 0.239. The van der Waals surface area contributed by atoms with Crippen LogP contribution in [0.1, 0.15) is 16.1 Å². The minimum Gasteiger partial charge on any atom is -0.477 e. The Kier molecular flexibility index (Phi) is 3.08. The van der Waals surface area contributed by atoms with Gasteiger partial charge in [-0.25, -0.2) is 4.79 Å². The van der Waals surface area contributed by atoms with Crippen molar-refractivity contribution in [3.05, 3.63) is 44.4 Å². The van der Waals surface area contributed by atoms with Crippen LogP contribution in [0.2, 0.25) is 0 Å². The number of aryl methyl sites for hydroxylation is 1. The molecule has 6 nitrogen and oxygen atoms in total. The molecule has 0 aromatic carbocycles. The highest BCUT2D eigenvalue weighted by atomic mass is 79.9. The first-order chi connectivity index (χ1) is 8.43. The van der Waals surface area contributed by atoms with Crippen LogP contribution in [-0.4, -0.2) is 25.4 Å². The zero-order chi connectivity index (χ0) is 13.4. The third-order valence-electron chi connectivity index (χ3n) is 2.65. The molecule has 2 aromatic rings. The van der Waals surface area contributed by atoms with Crippen LogP contribution in [0.15, 0.2) is 27.7 Å². The molecule has 0 fully saturated rings. The monoisotopic (exact) mass is 311 g/mol. The van der Waals surface area contributed by atoms with Crippen molar-refractivity contribution in [3.8, 4) is 5.82 Å². The Morgan fingerprint density at radius 2 is 2.17 bits per heavy atom. The van der Waals surface area contributed by atoms with Crippen LogP contribution in [-0.2, 0) is 7.05 Å². The molecule has 0 radical (unpaired) electrons. The van der Waals surface area contributed by atoms with E-state index in [4.69, 9.17) is 5.11 Å². The average Bonchev–Trinajstić information content (AvgIpc) is 2.72. The van der Waals surface area contributed by atoms with Gasteiger partial charge in [-0.1, -0.05) is 0 Å². The maximum absolute atomic E-state index is 11.8. The molecule has 1 N–H and O–H groups in total. The summed E-state index contributed by atoms with van der Waals surface area (Å²) in [6, 6.07) is 1.73. The van der Waals surface area contributed by atoms with Crippen molar-refractivity contribution >= 4 is 21.9 Å². The number of rotatable bonds is 2. The van der Waals surface area contributed by atoms with Gasteiger partial charge in [0.05, 0.1) is 10.7 Å². The summed E-state index contributed by atoms with van der Waals surface area (Å²) in [5.41, 5.74) is -0.194. The molecular formula is C11H10BrN3O3. The van der Waals surface area contributed by atoms with Gasteiger partial charge in [-0.15, -0.1) is 0 Å². The number of carboxylic acid groups (broad SMARTS) is 1. The molecule has 0 amide bonds. The molecule has 18 heavy (non-hydrogen) atoms. The quantitative estimate of drug-likeness (QED) is 0.908. The maximum Gasteiger partial charge on any atom is 0.341 e. The first-order valence-corrected chi connectivity index (χ1v) is 5.86. The van der Waals surface area contributed by atoms with Crippen LogP contribution in [0.3, 0.4) is 0 Å². The normalized spacial score (nSPS) is 10.6. The molecule has 0 aliphatic carbocycles. The van der Waals surface area contributed by atoms with E-state index in [0.29, 0.717) is 11.5 Å². The van der Waals surface area contributed by atoms with Crippen LogP contribution in [0.5, 0.6) is 0 Å². The number of pyridine rings is 1. The van der Waals surface area contributed by atoms with Gasteiger partial charge in [0.15, 0.2) is 0 Å². The lowest BCUT2D eigenvalue weighted by molar-refractivity contribution is 0.0694. The van der Waals surface area contributed by atoms with E-state index in [1.807, 2.05) is 0 Å². The molecular weight excluding hydrogens is 302 g/mol. The van der Waals surface area contributed by atoms with Gasteiger partial charge >= 0.3 is 5.97 Å². The number of hydrogen-bond donors (Lipinski definition) is 1. The summed E-state index contributed by atoms with van der Waals surface area (Å²) in [6.07, 6.45) is 2.91. The molecule has 2 aromatic heterocycles. The van der Waals surface area contributed by atoms with Crippen molar-refractivity contribution in [2.75, 3.05) is 0 Å². The summed E-state index contributed by atoms with van der Waals surface area (Å²) in [4.78, 5) is 22.8. The largest absolute Gasteiger partial charge is 0.477 e. The second-order valence-corrected chi connectivity index (χ2v) is 4.55. The Morgan fingerprint density at radius 3 is 2.67 bits per heavy atom. The Hall–Kier alpha value is -1.89. The molecule has 0 bridgehead atoms. The van der Waals surface area contributed by atoms with Gasteiger partial charge in [0.25, 0.3) is 0 Å². The molecule has 94 valence electrons. The predicted molar refractivity (Wildman–Crippen MR) is 68.2 cm³/mol. The Balaban J connectivity index is 2.81. The molecule has 0 spiro atoms. The van der Waals surface area contributed by atoms with E-state index in [2.05, 4.69) is 21.0 Å². The van der Waals surface area contributed by atoms with Crippen molar-refractivity contribution < 1.29 is 9.90 Å². The van der Waals surface area contributed by atoms with Crippen LogP contribution >= 0.6 is 15.9 Å². The molecule has 0 saturated heterocycles. The van der Waals surface area contributed by atoms with E-state index in [0.717, 1.165) is 0 Å². The van der Waals surface area contributed by atoms with Crippen LogP contribution in [0.25, 0.3) is 5.82 Å². The second-order valence-electron chi connectivity index (χ2n) is 3.76. The number of aromatic nitrogens is 3. The molecule has 2 rings (SSSR count). The van der Waals surface area contributed by atoms with Crippen LogP contribution < -0.4 is 5.43 Å². The second kappa shape index (κ2) is 4.41. The molecule has 0 aliphatic heterocycles. The molecule has 2 heterocycles. The first-order valence-electron chi connectivity index (χ1n) is 5.07. The van der Waals surface area contributed by atoms with E-state index in [9.17, 15) is 9.59 Å². The van der Waals surface area contributed by atoms with Gasteiger partial charge in [0.2, 0.25) is 5.43 Å². The highest BCUT2D eigenvalue weighted by Crippen LogP contribution is 2.17. The van der Waals surface area contributed by atoms with Gasteiger partial charge in [-0.3, -0.25) is 9.48 Å². The fourth-order valence-corrected chi connectivity index (χ4v) is 2.07. The Labute approximate surface area is 111 Å². The number of hydrogen-bond acceptors (Lipinski definition) is 3. The molecule has 0 aliphatic rings. The summed E-state index contributed by atoms with van der Waals surface area (Å²) in [5, 5.41) is 13.0. The van der Waals surface area contributed by atoms with Gasteiger partial charge in [-0.05, 0) is 22.9 Å². The van der Waals surface area contributed by atoms with E-state index in [-0.39, 0.29) is 10.0 Å². The Morgan fingerprint density at radius 1 is 1.50 bits per heavy atom. The number of halogens is 1. The van der Waals surface area contributed by atoms with E-state index < -0.39 is 11.4 Å². The lowest BCUT2D eigenvalue weighted by Gasteiger charge is -2.13. The van der Waals surface area contributed by atoms with Gasteiger partial charge in [-0.2, -0.15) is 5.10 Å². The number of nitrogens with zero attached hydrogens (tertiary/aromatic N) is 3. The van der Waals surface area contributed by atoms with Crippen LogP contribution in [0, 0.1) is 6.92 Å². The number of aromatic carboxylic acids is 1. The molecule has 0 saturated carbocycles. The first kappa shape index (κ1) is 12.6. The van der Waals surface area contributed by atoms with Crippen molar-refractivity contribution in [3.63, 3.8) is 0 Å². The van der Waals surface area contributed by atoms with Gasteiger partial charge in [0.1, 0.15) is 11.4 Å². The number of carbonyl (C=O) groups is 1. The fourth-order valence-electron chi connectivity index (χ4n) is 1.67. The van der Waals surface area contributed by atoms with E-state index in [1.54, 1.807) is 35.5 Å². The van der Waals surface area contributed by atoms with Gasteiger partial charge < -0.3 is 9.67 Å². The molecule has 0 unspecified atom stereocenters. The Bertz CT molecular complexity index is 687. The van der Waals surface area contributed by atoms with E-state index >= 15 is 0 Å². The highest BCUT2D eigenvalue weighted by Gasteiger charge is 2.17. The minimum atomic E-state index is -1.25. The summed E-state index contributed by atoms with van der Waals surface area (Å²) in [7, 11) is 1.74. The standard InChI is InChI=1S/C11H10BrN3O3/c1-6-9(12)10(16)7(11(17)18)5-15(6)8-3-4-13-14(8)2/h3-5H,1-2H3,(H,17,18).